The van der Waals surface area contributed by atoms with Crippen LogP contribution in [-0.4, -0.2) is 49.6 Å². The maximum absolute atomic E-state index is 11.2. The number of alkyl halides is 5. The molecular weight excluding hydrogens is 345 g/mol. The molecule has 0 N–H and O–H groups in total. The molecule has 0 aromatic carbocycles. The first kappa shape index (κ1) is 23.5. The van der Waals surface area contributed by atoms with E-state index in [2.05, 4.69) is 13.8 Å². The van der Waals surface area contributed by atoms with E-state index in [-0.39, 0.29) is 0 Å². The SMILES string of the molecule is CCCC[N+]1(CCCC)CCCC1.F[B-](F)(F)C(F)(F)C(F)(F)F. The summed E-state index contributed by atoms with van der Waals surface area (Å²) in [6, 6.07) is 0. The standard InChI is InChI=1S/C12H26N.C2BF8/c1-3-5-9-13(10-6-4-2)11-7-8-12-13;4-1(5,2(6,7)8)3(9,10)11/h3-12H2,1-2H3;/q+1;-1. The molecule has 1 fully saturated rings. The van der Waals surface area contributed by atoms with Gasteiger partial charge in [-0.3, -0.25) is 0 Å². The third-order valence-corrected chi connectivity index (χ3v) is 4.28. The lowest BCUT2D eigenvalue weighted by Gasteiger charge is -2.34. The van der Waals surface area contributed by atoms with Crippen molar-refractivity contribution >= 4 is 6.98 Å². The van der Waals surface area contributed by atoms with Crippen LogP contribution in [0, 0.1) is 0 Å². The van der Waals surface area contributed by atoms with Gasteiger partial charge in [-0.25, -0.2) is 8.78 Å². The summed E-state index contributed by atoms with van der Waals surface area (Å²) in [6.45, 7) is 3.27. The third-order valence-electron chi connectivity index (χ3n) is 4.28. The van der Waals surface area contributed by atoms with Gasteiger partial charge in [-0.1, -0.05) is 26.7 Å². The number of hydrogen-bond acceptors (Lipinski definition) is 0. The van der Waals surface area contributed by atoms with E-state index < -0.39 is 19.0 Å². The Bertz CT molecular complexity index is 322. The number of hydrogen-bond donors (Lipinski definition) is 0. The highest BCUT2D eigenvalue weighted by molar-refractivity contribution is 6.61. The van der Waals surface area contributed by atoms with E-state index in [0.29, 0.717) is 0 Å². The van der Waals surface area contributed by atoms with Gasteiger partial charge in [0.2, 0.25) is 0 Å². The molecule has 10 heteroatoms. The highest BCUT2D eigenvalue weighted by Gasteiger charge is 2.69. The fraction of sp³-hybridized carbons (Fsp3) is 1.00. The number of halogens is 8. The van der Waals surface area contributed by atoms with Crippen molar-refractivity contribution in [2.24, 2.45) is 0 Å². The summed E-state index contributed by atoms with van der Waals surface area (Å²) in [5, 5.41) is 0. The fourth-order valence-electron chi connectivity index (χ4n) is 2.74. The van der Waals surface area contributed by atoms with E-state index in [1.165, 1.54) is 69.2 Å². The van der Waals surface area contributed by atoms with Crippen LogP contribution in [0.1, 0.15) is 52.4 Å². The number of rotatable bonds is 7. The topological polar surface area (TPSA) is 0 Å². The minimum absolute atomic E-state index is 1.37. The molecule has 0 aliphatic carbocycles. The first-order valence-corrected chi connectivity index (χ1v) is 8.32. The molecule has 1 rings (SSSR count). The Morgan fingerprint density at radius 1 is 0.792 bits per heavy atom. The Kier molecular flexibility index (Phi) is 9.04. The van der Waals surface area contributed by atoms with Crippen molar-refractivity contribution in [3.63, 3.8) is 0 Å². The van der Waals surface area contributed by atoms with E-state index in [4.69, 9.17) is 0 Å². The van der Waals surface area contributed by atoms with E-state index in [1.807, 2.05) is 0 Å². The summed E-state index contributed by atoms with van der Waals surface area (Å²) in [4.78, 5) is 0. The van der Waals surface area contributed by atoms with Gasteiger partial charge < -0.3 is 17.4 Å². The second-order valence-corrected chi connectivity index (χ2v) is 6.35. The van der Waals surface area contributed by atoms with Gasteiger partial charge in [0.15, 0.2) is 0 Å². The first-order valence-electron chi connectivity index (χ1n) is 8.32. The zero-order chi connectivity index (χ0) is 19.1. The van der Waals surface area contributed by atoms with E-state index in [9.17, 15) is 34.9 Å². The molecule has 1 aliphatic rings. The van der Waals surface area contributed by atoms with Crippen LogP contribution in [0.25, 0.3) is 0 Å². The number of unbranched alkanes of at least 4 members (excludes halogenated alkanes) is 2. The monoisotopic (exact) mass is 371 g/mol. The summed E-state index contributed by atoms with van der Waals surface area (Å²) < 4.78 is 89.3. The lowest BCUT2D eigenvalue weighted by molar-refractivity contribution is -0.917. The summed E-state index contributed by atoms with van der Waals surface area (Å²) in [6.07, 6.45) is 2.01. The lowest BCUT2D eigenvalue weighted by Crippen LogP contribution is -2.53. The second-order valence-electron chi connectivity index (χ2n) is 6.35. The van der Waals surface area contributed by atoms with Gasteiger partial charge in [-0.2, -0.15) is 13.2 Å². The van der Waals surface area contributed by atoms with Crippen LogP contribution in [0.5, 0.6) is 0 Å². The summed E-state index contributed by atoms with van der Waals surface area (Å²) in [7, 11) is 0. The molecule has 24 heavy (non-hydrogen) atoms. The Hall–Kier alpha value is -0.535. The molecule has 0 spiro atoms. The zero-order valence-corrected chi connectivity index (χ0v) is 14.1. The normalized spacial score (nSPS) is 18.2. The Labute approximate surface area is 138 Å². The summed E-state index contributed by atoms with van der Waals surface area (Å²) in [5.74, 6) is -6.56. The predicted molar refractivity (Wildman–Crippen MR) is 78.9 cm³/mol. The predicted octanol–water partition coefficient (Wildman–Crippen LogP) is 5.77. The Morgan fingerprint density at radius 2 is 1.17 bits per heavy atom. The lowest BCUT2D eigenvalue weighted by atomic mass is 9.80. The van der Waals surface area contributed by atoms with Crippen molar-refractivity contribution < 1.29 is 39.4 Å². The smallest absolute Gasteiger partial charge is 0.445 e. The van der Waals surface area contributed by atoms with Crippen LogP contribution >= 0.6 is 0 Å². The molecule has 1 heterocycles. The maximum atomic E-state index is 11.2. The van der Waals surface area contributed by atoms with Gasteiger partial charge in [0.05, 0.1) is 26.2 Å². The minimum Gasteiger partial charge on any atom is -0.445 e. The highest BCUT2D eigenvalue weighted by atomic mass is 19.4. The van der Waals surface area contributed by atoms with Gasteiger partial charge >= 0.3 is 19.0 Å². The van der Waals surface area contributed by atoms with Crippen molar-refractivity contribution in [2.45, 2.75) is 64.4 Å². The van der Waals surface area contributed by atoms with Gasteiger partial charge in [-0.05, 0) is 12.8 Å². The molecule has 0 saturated carbocycles. The summed E-state index contributed by atoms with van der Waals surface area (Å²) >= 11 is 0. The minimum atomic E-state index is -7.21. The second kappa shape index (κ2) is 9.24. The van der Waals surface area contributed by atoms with Crippen molar-refractivity contribution in [1.82, 2.24) is 0 Å². The summed E-state index contributed by atoms with van der Waals surface area (Å²) in [5.41, 5.74) is 0. The van der Waals surface area contributed by atoms with Crippen molar-refractivity contribution in [1.29, 1.82) is 0 Å². The molecule has 0 aromatic heterocycles. The van der Waals surface area contributed by atoms with Crippen LogP contribution in [0.4, 0.5) is 34.9 Å². The van der Waals surface area contributed by atoms with E-state index in [0.717, 1.165) is 0 Å². The van der Waals surface area contributed by atoms with Crippen LogP contribution in [0.3, 0.4) is 0 Å². The maximum Gasteiger partial charge on any atom is 0.558 e. The molecule has 1 saturated heterocycles. The molecule has 0 radical (unpaired) electrons. The number of quaternary nitrogens is 1. The molecule has 146 valence electrons. The average molecular weight is 371 g/mol. The van der Waals surface area contributed by atoms with E-state index >= 15 is 0 Å². The van der Waals surface area contributed by atoms with Crippen LogP contribution in [0.15, 0.2) is 0 Å². The molecule has 1 aliphatic heterocycles. The average Bonchev–Trinajstić information content (AvgIpc) is 2.90. The zero-order valence-electron chi connectivity index (χ0n) is 14.1. The molecule has 0 bridgehead atoms. The largest absolute Gasteiger partial charge is 0.558 e. The molecule has 0 unspecified atom stereocenters. The van der Waals surface area contributed by atoms with Crippen molar-refractivity contribution in [3.8, 4) is 0 Å². The molecular formula is C14H26BF8N. The van der Waals surface area contributed by atoms with Crippen molar-refractivity contribution in [2.75, 3.05) is 26.2 Å². The fourth-order valence-corrected chi connectivity index (χ4v) is 2.74. The van der Waals surface area contributed by atoms with Crippen LogP contribution < -0.4 is 0 Å². The number of likely N-dealkylation sites (tertiary alicyclic amines) is 1. The van der Waals surface area contributed by atoms with Gasteiger partial charge in [0.1, 0.15) is 0 Å². The molecule has 1 nitrogen and oxygen atoms in total. The van der Waals surface area contributed by atoms with Gasteiger partial charge in [-0.15, -0.1) is 0 Å². The number of nitrogens with zero attached hydrogens (tertiary/aromatic N) is 1. The Balaban J connectivity index is 0.000000449. The van der Waals surface area contributed by atoms with Crippen LogP contribution in [-0.2, 0) is 0 Å². The van der Waals surface area contributed by atoms with Gasteiger partial charge in [0.25, 0.3) is 0 Å². The first-order chi connectivity index (χ1) is 10.8. The van der Waals surface area contributed by atoms with E-state index in [1.54, 1.807) is 0 Å². The van der Waals surface area contributed by atoms with Crippen LogP contribution in [0.2, 0.25) is 0 Å². The third kappa shape index (κ3) is 6.76. The highest BCUT2D eigenvalue weighted by Crippen LogP contribution is 2.44. The molecule has 0 amide bonds. The van der Waals surface area contributed by atoms with Gasteiger partial charge in [0, 0.05) is 12.8 Å². The van der Waals surface area contributed by atoms with Crippen molar-refractivity contribution in [3.05, 3.63) is 0 Å². The molecule has 0 atom stereocenters. The molecule has 0 aromatic rings. The Morgan fingerprint density at radius 3 is 1.38 bits per heavy atom. The quantitative estimate of drug-likeness (QED) is 0.303.